The van der Waals surface area contributed by atoms with Crippen LogP contribution in [0.1, 0.15) is 71.4 Å². The van der Waals surface area contributed by atoms with Gasteiger partial charge in [-0.05, 0) is 70.1 Å². The van der Waals surface area contributed by atoms with Crippen molar-refractivity contribution in [3.8, 4) is 11.5 Å². The second-order valence-corrected chi connectivity index (χ2v) is 11.5. The van der Waals surface area contributed by atoms with Gasteiger partial charge in [0.25, 0.3) is 17.3 Å². The van der Waals surface area contributed by atoms with E-state index < -0.39 is 5.79 Å². The molecule has 9 heteroatoms. The smallest absolute Gasteiger partial charge is 0.254 e. The highest BCUT2D eigenvalue weighted by atomic mass is 35.5. The third-order valence-corrected chi connectivity index (χ3v) is 8.83. The minimum absolute atomic E-state index is 0.105. The third-order valence-electron chi connectivity index (χ3n) is 7.74. The molecule has 0 radical (unpaired) electrons. The molecule has 2 aromatic heterocycles. The van der Waals surface area contributed by atoms with E-state index in [4.69, 9.17) is 21.1 Å². The topological polar surface area (TPSA) is 93.3 Å². The Hall–Kier alpha value is -2.97. The molecular formula is C29H32ClN3O4S. The molecule has 5 rings (SSSR count). The molecule has 1 saturated carbocycles. The molecular weight excluding hydrogens is 522 g/mol. The first-order valence-corrected chi connectivity index (χ1v) is 14.5. The number of halogens is 1. The number of aromatic amines is 1. The van der Waals surface area contributed by atoms with E-state index in [1.54, 1.807) is 6.07 Å². The van der Waals surface area contributed by atoms with Crippen LogP contribution in [0.15, 0.2) is 46.2 Å². The first-order valence-electron chi connectivity index (χ1n) is 12.9. The number of nitrogens with zero attached hydrogens (tertiary/aromatic N) is 1. The van der Waals surface area contributed by atoms with E-state index in [1.807, 2.05) is 51.4 Å². The summed E-state index contributed by atoms with van der Waals surface area (Å²) in [5.74, 6) is 0.425. The van der Waals surface area contributed by atoms with Crippen LogP contribution in [0.4, 0.5) is 0 Å². The van der Waals surface area contributed by atoms with Gasteiger partial charge in [-0.3, -0.25) is 14.6 Å². The number of aryl methyl sites for hydroxylation is 1. The number of carbonyl (C=O) groups excluding carboxylic acids is 1. The van der Waals surface area contributed by atoms with Crippen LogP contribution in [0, 0.1) is 19.8 Å². The Morgan fingerprint density at radius 1 is 1.18 bits per heavy atom. The zero-order valence-corrected chi connectivity index (χ0v) is 23.6. The van der Waals surface area contributed by atoms with E-state index in [0.29, 0.717) is 39.1 Å². The van der Waals surface area contributed by atoms with Crippen LogP contribution in [-0.4, -0.2) is 27.9 Å². The summed E-state index contributed by atoms with van der Waals surface area (Å²) in [5, 5.41) is 3.21. The number of thioether (sulfide) groups is 1. The second-order valence-electron chi connectivity index (χ2n) is 10.2. The largest absolute Gasteiger partial charge is 0.448 e. The first kappa shape index (κ1) is 26.6. The molecule has 1 fully saturated rings. The second kappa shape index (κ2) is 10.7. The minimum atomic E-state index is -0.858. The number of carbonyl (C=O) groups is 1. The summed E-state index contributed by atoms with van der Waals surface area (Å²) in [7, 11) is 0. The number of hydrogen-bond acceptors (Lipinski definition) is 6. The van der Waals surface area contributed by atoms with Crippen molar-refractivity contribution in [1.29, 1.82) is 0 Å². The van der Waals surface area contributed by atoms with Crippen molar-refractivity contribution in [2.75, 3.05) is 6.26 Å². The van der Waals surface area contributed by atoms with Gasteiger partial charge in [0.2, 0.25) is 0 Å². The zero-order valence-electron chi connectivity index (χ0n) is 22.0. The van der Waals surface area contributed by atoms with Gasteiger partial charge in [-0.25, -0.2) is 0 Å². The molecule has 1 aromatic carbocycles. The number of amides is 1. The Bertz CT molecular complexity index is 1420. The fourth-order valence-electron chi connectivity index (χ4n) is 5.58. The Balaban J connectivity index is 1.31. The van der Waals surface area contributed by atoms with Crippen LogP contribution in [0.2, 0.25) is 5.02 Å². The van der Waals surface area contributed by atoms with E-state index in [-0.39, 0.29) is 23.9 Å². The number of fused-ring (bicyclic) bond motifs is 1. The standard InChI is InChI=1S/C29H32ClN3O4S/c1-16-13-24(38-4)21(28(35)33-16)15-32-27(34)20-14-22(30)26-25(17(20)2)36-29(3,37-26)19-10-8-18(9-11-19)23-7-5-6-12-31-23/h5-7,12-14,18-19H,8-11,15H2,1-4H3,(H,32,34)(H,33,35)/t18?,19?,29-/m1/s1. The summed E-state index contributed by atoms with van der Waals surface area (Å²) in [6.45, 7) is 5.74. The summed E-state index contributed by atoms with van der Waals surface area (Å²) in [5.41, 5.74) is 3.30. The molecule has 3 aromatic rings. The average molecular weight is 554 g/mol. The Morgan fingerprint density at radius 2 is 1.92 bits per heavy atom. The van der Waals surface area contributed by atoms with Gasteiger partial charge in [-0.1, -0.05) is 17.7 Å². The van der Waals surface area contributed by atoms with Gasteiger partial charge >= 0.3 is 0 Å². The molecule has 7 nitrogen and oxygen atoms in total. The van der Waals surface area contributed by atoms with E-state index in [2.05, 4.69) is 21.4 Å². The summed E-state index contributed by atoms with van der Waals surface area (Å²) in [4.78, 5) is 33.9. The highest BCUT2D eigenvalue weighted by Crippen LogP contribution is 2.52. The minimum Gasteiger partial charge on any atom is -0.448 e. The number of ether oxygens (including phenoxy) is 2. The van der Waals surface area contributed by atoms with E-state index in [9.17, 15) is 9.59 Å². The van der Waals surface area contributed by atoms with Crippen LogP contribution in [-0.2, 0) is 6.54 Å². The van der Waals surface area contributed by atoms with Crippen LogP contribution in [0.25, 0.3) is 0 Å². The highest BCUT2D eigenvalue weighted by molar-refractivity contribution is 7.98. The maximum Gasteiger partial charge on any atom is 0.254 e. The molecule has 38 heavy (non-hydrogen) atoms. The normalized spacial score (nSPS) is 22.3. The monoisotopic (exact) mass is 553 g/mol. The van der Waals surface area contributed by atoms with Crippen LogP contribution in [0.5, 0.6) is 11.5 Å². The lowest BCUT2D eigenvalue weighted by molar-refractivity contribution is -0.121. The Kier molecular flexibility index (Phi) is 7.47. The van der Waals surface area contributed by atoms with Crippen molar-refractivity contribution in [2.24, 2.45) is 5.92 Å². The van der Waals surface area contributed by atoms with E-state index >= 15 is 0 Å². The summed E-state index contributed by atoms with van der Waals surface area (Å²) in [6, 6.07) is 9.60. The number of nitrogens with one attached hydrogen (secondary N) is 2. The average Bonchev–Trinajstić information content (AvgIpc) is 3.30. The lowest BCUT2D eigenvalue weighted by atomic mass is 9.77. The predicted molar refractivity (Wildman–Crippen MR) is 150 cm³/mol. The van der Waals surface area contributed by atoms with Crippen molar-refractivity contribution >= 4 is 29.3 Å². The van der Waals surface area contributed by atoms with Crippen LogP contribution >= 0.6 is 23.4 Å². The molecule has 1 atom stereocenters. The maximum atomic E-state index is 13.2. The van der Waals surface area contributed by atoms with Gasteiger partial charge in [0.05, 0.1) is 5.02 Å². The zero-order chi connectivity index (χ0) is 27.0. The van der Waals surface area contributed by atoms with Crippen LogP contribution in [0.3, 0.4) is 0 Å². The van der Waals surface area contributed by atoms with Gasteiger partial charge in [0.15, 0.2) is 11.5 Å². The molecule has 2 N–H and O–H groups in total. The maximum absolute atomic E-state index is 13.2. The number of aromatic nitrogens is 2. The number of benzene rings is 1. The first-order chi connectivity index (χ1) is 18.2. The Morgan fingerprint density at radius 3 is 2.61 bits per heavy atom. The summed E-state index contributed by atoms with van der Waals surface area (Å²) >= 11 is 8.09. The van der Waals surface area contributed by atoms with Gasteiger partial charge < -0.3 is 19.8 Å². The molecule has 1 aliphatic carbocycles. The lowest BCUT2D eigenvalue weighted by Crippen LogP contribution is -2.44. The van der Waals surface area contributed by atoms with E-state index in [1.165, 1.54) is 11.8 Å². The van der Waals surface area contributed by atoms with Crippen LogP contribution < -0.4 is 20.3 Å². The van der Waals surface area contributed by atoms with Gasteiger partial charge in [0, 0.05) is 64.5 Å². The summed E-state index contributed by atoms with van der Waals surface area (Å²) in [6.07, 6.45) is 7.66. The van der Waals surface area contributed by atoms with Gasteiger partial charge in [0.1, 0.15) is 0 Å². The molecule has 0 spiro atoms. The molecule has 1 amide bonds. The van der Waals surface area contributed by atoms with Crippen molar-refractivity contribution in [3.63, 3.8) is 0 Å². The van der Waals surface area contributed by atoms with Crippen molar-refractivity contribution in [3.05, 3.63) is 80.0 Å². The third kappa shape index (κ3) is 5.04. The lowest BCUT2D eigenvalue weighted by Gasteiger charge is -2.37. The van der Waals surface area contributed by atoms with Gasteiger partial charge in [-0.2, -0.15) is 0 Å². The van der Waals surface area contributed by atoms with Crippen molar-refractivity contribution in [1.82, 2.24) is 15.3 Å². The number of H-pyrrole nitrogens is 1. The summed E-state index contributed by atoms with van der Waals surface area (Å²) < 4.78 is 12.8. The number of rotatable bonds is 6. The van der Waals surface area contributed by atoms with Gasteiger partial charge in [-0.15, -0.1) is 11.8 Å². The predicted octanol–water partition coefficient (Wildman–Crippen LogP) is 6.15. The van der Waals surface area contributed by atoms with Crippen molar-refractivity contribution < 1.29 is 14.3 Å². The molecule has 200 valence electrons. The molecule has 0 unspecified atom stereocenters. The SMILES string of the molecule is CSc1cc(C)[nH]c(=O)c1CNC(=O)c1cc(Cl)c2c(c1C)O[C@@](C)(C1CCC(c3ccccn3)CC1)O2. The highest BCUT2D eigenvalue weighted by Gasteiger charge is 2.47. The Labute approximate surface area is 231 Å². The fourth-order valence-corrected chi connectivity index (χ4v) is 6.52. The fraction of sp³-hybridized carbons (Fsp3) is 0.414. The molecule has 1 aliphatic heterocycles. The van der Waals surface area contributed by atoms with E-state index in [0.717, 1.165) is 42.0 Å². The van der Waals surface area contributed by atoms with Crippen molar-refractivity contribution in [2.45, 2.75) is 69.6 Å². The number of hydrogen-bond donors (Lipinski definition) is 2. The molecule has 2 aliphatic rings. The quantitative estimate of drug-likeness (QED) is 0.355. The molecule has 0 saturated heterocycles. The molecule has 0 bridgehead atoms. The molecule has 3 heterocycles. The number of pyridine rings is 2.